The van der Waals surface area contributed by atoms with Crippen molar-refractivity contribution in [1.82, 2.24) is 19.0 Å². The molecule has 1 aromatic carbocycles. The van der Waals surface area contributed by atoms with Gasteiger partial charge in [0.25, 0.3) is 0 Å². The fraction of sp³-hybridized carbons (Fsp3) is 0.435. The molecule has 182 valence electrons. The Morgan fingerprint density at radius 2 is 1.82 bits per heavy atom. The third-order valence-electron chi connectivity index (χ3n) is 6.37. The standard InChI is InChI=1S/C23H24ClF3N4O3/c1-13-11-30(12-15-4-6-17(7-5-15)34-23(25,26)27)14(2)8-18(13)31-20-19(9-16(24)10-28-20)29(3)21(32)22(31)33/h4-7,9-10,13-14,18H,8,11-12H2,1-3H3/t13-,14+,18?/m0/s1. The van der Waals surface area contributed by atoms with Crippen LogP contribution in [-0.4, -0.2) is 38.0 Å². The third kappa shape index (κ3) is 4.83. The molecule has 3 aromatic rings. The average Bonchev–Trinajstić information content (AvgIpc) is 2.76. The highest BCUT2D eigenvalue weighted by Gasteiger charge is 2.34. The highest BCUT2D eigenvalue weighted by Crippen LogP contribution is 2.33. The van der Waals surface area contributed by atoms with Crippen LogP contribution in [0, 0.1) is 5.92 Å². The van der Waals surface area contributed by atoms with Gasteiger partial charge in [-0.15, -0.1) is 13.2 Å². The number of halogens is 4. The number of rotatable bonds is 4. The van der Waals surface area contributed by atoms with Gasteiger partial charge >= 0.3 is 17.5 Å². The monoisotopic (exact) mass is 496 g/mol. The second kappa shape index (κ2) is 9.07. The Kier molecular flexibility index (Phi) is 6.48. The maximum absolute atomic E-state index is 13.0. The van der Waals surface area contributed by atoms with Gasteiger partial charge in [0.1, 0.15) is 5.75 Å². The van der Waals surface area contributed by atoms with E-state index in [4.69, 9.17) is 11.6 Å². The number of alkyl halides is 3. The smallest absolute Gasteiger partial charge is 0.406 e. The zero-order valence-electron chi connectivity index (χ0n) is 18.8. The lowest BCUT2D eigenvalue weighted by Gasteiger charge is -2.42. The number of benzene rings is 1. The van der Waals surface area contributed by atoms with Gasteiger partial charge in [-0.1, -0.05) is 30.7 Å². The minimum atomic E-state index is -4.73. The SMILES string of the molecule is C[C@@H]1CC(n2c(=O)c(=O)n(C)c3cc(Cl)cnc32)[C@@H](C)CN1Cc1ccc(OC(F)(F)F)cc1. The Balaban J connectivity index is 1.58. The molecule has 2 aromatic heterocycles. The minimum absolute atomic E-state index is 0.00881. The van der Waals surface area contributed by atoms with Crippen LogP contribution in [0.4, 0.5) is 13.2 Å². The normalized spacial score (nSPS) is 21.7. The lowest BCUT2D eigenvalue weighted by molar-refractivity contribution is -0.274. The summed E-state index contributed by atoms with van der Waals surface area (Å²) in [6.45, 7) is 5.20. The first-order chi connectivity index (χ1) is 15.9. The van der Waals surface area contributed by atoms with Gasteiger partial charge in [-0.05, 0) is 43.0 Å². The molecule has 34 heavy (non-hydrogen) atoms. The Bertz CT molecular complexity index is 1320. The molecule has 1 fully saturated rings. The van der Waals surface area contributed by atoms with Crippen LogP contribution in [-0.2, 0) is 13.6 Å². The largest absolute Gasteiger partial charge is 0.573 e. The van der Waals surface area contributed by atoms with Crippen LogP contribution in [0.15, 0.2) is 46.1 Å². The predicted molar refractivity (Wildman–Crippen MR) is 122 cm³/mol. The van der Waals surface area contributed by atoms with E-state index in [1.807, 2.05) is 13.8 Å². The molecule has 0 radical (unpaired) electrons. The van der Waals surface area contributed by atoms with Gasteiger partial charge in [0, 0.05) is 38.4 Å². The number of hydrogen-bond donors (Lipinski definition) is 0. The van der Waals surface area contributed by atoms with E-state index >= 15 is 0 Å². The molecule has 11 heteroatoms. The molecule has 1 aliphatic heterocycles. The summed E-state index contributed by atoms with van der Waals surface area (Å²) in [6.07, 6.45) is -2.67. The number of aromatic nitrogens is 3. The van der Waals surface area contributed by atoms with E-state index in [9.17, 15) is 22.8 Å². The van der Waals surface area contributed by atoms with Gasteiger partial charge in [0.15, 0.2) is 5.65 Å². The van der Waals surface area contributed by atoms with Crippen LogP contribution in [0.2, 0.25) is 5.02 Å². The first kappa shape index (κ1) is 24.3. The summed E-state index contributed by atoms with van der Waals surface area (Å²) in [7, 11) is 1.52. The fourth-order valence-electron chi connectivity index (χ4n) is 4.63. The van der Waals surface area contributed by atoms with E-state index in [0.717, 1.165) is 5.56 Å². The maximum atomic E-state index is 13.0. The lowest BCUT2D eigenvalue weighted by Crippen LogP contribution is -2.50. The number of likely N-dealkylation sites (tertiary alicyclic amines) is 1. The van der Waals surface area contributed by atoms with E-state index in [1.54, 1.807) is 18.2 Å². The van der Waals surface area contributed by atoms with Crippen molar-refractivity contribution in [3.63, 3.8) is 0 Å². The summed E-state index contributed by atoms with van der Waals surface area (Å²) >= 11 is 6.07. The Hall–Kier alpha value is -2.85. The van der Waals surface area contributed by atoms with Crippen molar-refractivity contribution < 1.29 is 17.9 Å². The van der Waals surface area contributed by atoms with Gasteiger partial charge in [-0.25, -0.2) is 4.98 Å². The molecule has 0 bridgehead atoms. The van der Waals surface area contributed by atoms with Crippen molar-refractivity contribution in [2.45, 2.75) is 45.3 Å². The Morgan fingerprint density at radius 1 is 1.15 bits per heavy atom. The quantitative estimate of drug-likeness (QED) is 0.508. The van der Waals surface area contributed by atoms with Crippen molar-refractivity contribution in [1.29, 1.82) is 0 Å². The van der Waals surface area contributed by atoms with Gasteiger partial charge in [0.05, 0.1) is 10.5 Å². The van der Waals surface area contributed by atoms with E-state index in [1.165, 1.54) is 34.5 Å². The molecular formula is C23H24ClF3N4O3. The molecule has 4 rings (SSSR count). The highest BCUT2D eigenvalue weighted by molar-refractivity contribution is 6.31. The summed E-state index contributed by atoms with van der Waals surface area (Å²) in [5.41, 5.74) is 0.483. The fourth-order valence-corrected chi connectivity index (χ4v) is 4.78. The highest BCUT2D eigenvalue weighted by atomic mass is 35.5. The van der Waals surface area contributed by atoms with Crippen molar-refractivity contribution in [3.05, 3.63) is 67.8 Å². The zero-order valence-corrected chi connectivity index (χ0v) is 19.6. The number of hydrogen-bond acceptors (Lipinski definition) is 5. The van der Waals surface area contributed by atoms with E-state index in [0.29, 0.717) is 35.7 Å². The van der Waals surface area contributed by atoms with Crippen molar-refractivity contribution in [3.8, 4) is 5.75 Å². The second-order valence-corrected chi connectivity index (χ2v) is 9.22. The molecule has 3 atom stereocenters. The number of pyridine rings is 1. The summed E-state index contributed by atoms with van der Waals surface area (Å²) in [5.74, 6) is -0.254. The first-order valence-electron chi connectivity index (χ1n) is 10.8. The van der Waals surface area contributed by atoms with Gasteiger partial charge < -0.3 is 9.30 Å². The number of aryl methyl sites for hydroxylation is 1. The van der Waals surface area contributed by atoms with Crippen LogP contribution in [0.25, 0.3) is 11.2 Å². The molecule has 3 heterocycles. The number of piperidine rings is 1. The Labute approximate surface area is 198 Å². The summed E-state index contributed by atoms with van der Waals surface area (Å²) in [5, 5.41) is 0.371. The van der Waals surface area contributed by atoms with Crippen LogP contribution in [0.5, 0.6) is 5.75 Å². The molecule has 0 amide bonds. The first-order valence-corrected chi connectivity index (χ1v) is 11.2. The summed E-state index contributed by atoms with van der Waals surface area (Å²) in [6, 6.07) is 7.24. The van der Waals surface area contributed by atoms with E-state index < -0.39 is 17.5 Å². The van der Waals surface area contributed by atoms with Gasteiger partial charge in [-0.2, -0.15) is 0 Å². The molecule has 0 spiro atoms. The molecule has 1 saturated heterocycles. The van der Waals surface area contributed by atoms with Crippen LogP contribution in [0.1, 0.15) is 31.9 Å². The maximum Gasteiger partial charge on any atom is 0.573 e. The number of nitrogens with zero attached hydrogens (tertiary/aromatic N) is 4. The van der Waals surface area contributed by atoms with E-state index in [-0.39, 0.29) is 23.8 Å². The molecule has 0 saturated carbocycles. The topological polar surface area (TPSA) is 69.4 Å². The van der Waals surface area contributed by atoms with E-state index in [2.05, 4.69) is 14.6 Å². The molecular weight excluding hydrogens is 473 g/mol. The van der Waals surface area contributed by atoms with Crippen molar-refractivity contribution >= 4 is 22.8 Å². The van der Waals surface area contributed by atoms with Crippen LogP contribution in [0.3, 0.4) is 0 Å². The number of ether oxygens (including phenoxy) is 1. The van der Waals surface area contributed by atoms with Crippen LogP contribution >= 0.6 is 11.6 Å². The third-order valence-corrected chi connectivity index (χ3v) is 6.58. The average molecular weight is 497 g/mol. The predicted octanol–water partition coefficient (Wildman–Crippen LogP) is 4.12. The Morgan fingerprint density at radius 3 is 2.47 bits per heavy atom. The van der Waals surface area contributed by atoms with Crippen molar-refractivity contribution in [2.24, 2.45) is 13.0 Å². The second-order valence-electron chi connectivity index (χ2n) is 8.79. The molecule has 1 aliphatic rings. The minimum Gasteiger partial charge on any atom is -0.406 e. The van der Waals surface area contributed by atoms with Crippen molar-refractivity contribution in [2.75, 3.05) is 6.54 Å². The van der Waals surface area contributed by atoms with Crippen LogP contribution < -0.4 is 15.9 Å². The molecule has 1 unspecified atom stereocenters. The molecule has 0 N–H and O–H groups in total. The number of fused-ring (bicyclic) bond motifs is 1. The van der Waals surface area contributed by atoms with Gasteiger partial charge in [-0.3, -0.25) is 19.1 Å². The molecule has 0 aliphatic carbocycles. The molecule has 7 nitrogen and oxygen atoms in total. The summed E-state index contributed by atoms with van der Waals surface area (Å²) in [4.78, 5) is 32.2. The lowest BCUT2D eigenvalue weighted by atomic mass is 9.88. The zero-order chi connectivity index (χ0) is 24.8. The summed E-state index contributed by atoms with van der Waals surface area (Å²) < 4.78 is 43.9. The van der Waals surface area contributed by atoms with Gasteiger partial charge in [0.2, 0.25) is 0 Å².